The van der Waals surface area contributed by atoms with Crippen LogP contribution in [-0.2, 0) is 0 Å². The molecule has 0 radical (unpaired) electrons. The van der Waals surface area contributed by atoms with E-state index in [2.05, 4.69) is 15.5 Å². The van der Waals surface area contributed by atoms with Gasteiger partial charge in [-0.1, -0.05) is 11.6 Å². The number of unbranched alkanes of at least 4 members (excludes halogenated alkanes) is 2. The van der Waals surface area contributed by atoms with Gasteiger partial charge in [-0.3, -0.25) is 0 Å². The Morgan fingerprint density at radius 1 is 1.12 bits per heavy atom. The van der Waals surface area contributed by atoms with Gasteiger partial charge in [0.25, 0.3) is 0 Å². The summed E-state index contributed by atoms with van der Waals surface area (Å²) < 4.78 is 0. The van der Waals surface area contributed by atoms with Crippen molar-refractivity contribution < 1.29 is 5.11 Å². The molecule has 4 nitrogen and oxygen atoms in total. The molecule has 5 heteroatoms. The lowest BCUT2D eigenvalue weighted by Crippen LogP contribution is -2.07. The zero-order chi connectivity index (χ0) is 12.0. The summed E-state index contributed by atoms with van der Waals surface area (Å²) in [6, 6.07) is 0. The number of aliphatic hydroxyl groups excluding tert-OH is 1. The van der Waals surface area contributed by atoms with Crippen molar-refractivity contribution in [2.24, 2.45) is 0 Å². The Kier molecular flexibility index (Phi) is 5.49. The van der Waals surface area contributed by atoms with Crippen LogP contribution in [0.2, 0.25) is 5.15 Å². The molecule has 0 aliphatic rings. The highest BCUT2D eigenvalue weighted by Gasteiger charge is 2.06. The molecule has 1 aromatic rings. The maximum atomic E-state index is 8.64. The highest BCUT2D eigenvalue weighted by atomic mass is 35.5. The molecule has 0 saturated carbocycles. The van der Waals surface area contributed by atoms with E-state index in [9.17, 15) is 0 Å². The maximum Gasteiger partial charge on any atom is 0.155 e. The highest BCUT2D eigenvalue weighted by Crippen LogP contribution is 2.20. The molecule has 0 fully saturated rings. The number of nitrogens with one attached hydrogen (secondary N) is 1. The molecule has 0 saturated heterocycles. The maximum absolute atomic E-state index is 8.64. The van der Waals surface area contributed by atoms with Crippen LogP contribution in [0.4, 0.5) is 5.82 Å². The molecule has 90 valence electrons. The molecular weight excluding hydrogens is 226 g/mol. The van der Waals surface area contributed by atoms with E-state index in [1.807, 2.05) is 13.8 Å². The van der Waals surface area contributed by atoms with Crippen molar-refractivity contribution >= 4 is 17.4 Å². The number of aliphatic hydroxyl groups is 1. The van der Waals surface area contributed by atoms with Crippen molar-refractivity contribution in [3.63, 3.8) is 0 Å². The lowest BCUT2D eigenvalue weighted by molar-refractivity contribution is 0.283. The zero-order valence-electron chi connectivity index (χ0n) is 9.76. The van der Waals surface area contributed by atoms with E-state index in [1.165, 1.54) is 0 Å². The number of rotatable bonds is 6. The summed E-state index contributed by atoms with van der Waals surface area (Å²) in [6.45, 7) is 5.02. The second-order valence-electron chi connectivity index (χ2n) is 3.80. The van der Waals surface area contributed by atoms with Crippen molar-refractivity contribution in [3.05, 3.63) is 16.3 Å². The minimum Gasteiger partial charge on any atom is -0.396 e. The quantitative estimate of drug-likeness (QED) is 0.753. The Morgan fingerprint density at radius 2 is 1.88 bits per heavy atom. The third-order valence-electron chi connectivity index (χ3n) is 2.59. The molecule has 1 heterocycles. The Labute approximate surface area is 101 Å². The summed E-state index contributed by atoms with van der Waals surface area (Å²) in [7, 11) is 0. The largest absolute Gasteiger partial charge is 0.396 e. The molecule has 0 aromatic carbocycles. The van der Waals surface area contributed by atoms with Crippen molar-refractivity contribution in [2.45, 2.75) is 33.1 Å². The monoisotopic (exact) mass is 243 g/mol. The van der Waals surface area contributed by atoms with E-state index >= 15 is 0 Å². The second-order valence-corrected chi connectivity index (χ2v) is 4.16. The molecule has 16 heavy (non-hydrogen) atoms. The first-order chi connectivity index (χ1) is 7.66. The minimum absolute atomic E-state index is 0.263. The molecule has 0 atom stereocenters. The summed E-state index contributed by atoms with van der Waals surface area (Å²) in [5.41, 5.74) is 2.01. The molecule has 1 rings (SSSR count). The number of hydrogen-bond donors (Lipinski definition) is 2. The first-order valence-corrected chi connectivity index (χ1v) is 5.88. The SMILES string of the molecule is Cc1c(Cl)nnc(NCCCCCO)c1C. The molecule has 0 spiro atoms. The summed E-state index contributed by atoms with van der Waals surface area (Å²) in [5.74, 6) is 0.797. The van der Waals surface area contributed by atoms with E-state index in [-0.39, 0.29) is 6.61 Å². The van der Waals surface area contributed by atoms with Gasteiger partial charge in [0.2, 0.25) is 0 Å². The van der Waals surface area contributed by atoms with Crippen LogP contribution < -0.4 is 5.32 Å². The first-order valence-electron chi connectivity index (χ1n) is 5.51. The first kappa shape index (κ1) is 13.2. The van der Waals surface area contributed by atoms with Gasteiger partial charge in [0.05, 0.1) is 0 Å². The lowest BCUT2D eigenvalue weighted by atomic mass is 10.2. The number of anilines is 1. The Hall–Kier alpha value is -0.870. The van der Waals surface area contributed by atoms with Crippen molar-refractivity contribution in [1.82, 2.24) is 10.2 Å². The average Bonchev–Trinajstić information content (AvgIpc) is 2.28. The van der Waals surface area contributed by atoms with Crippen molar-refractivity contribution in [3.8, 4) is 0 Å². The molecule has 0 unspecified atom stereocenters. The number of hydrogen-bond acceptors (Lipinski definition) is 4. The van der Waals surface area contributed by atoms with Crippen LogP contribution >= 0.6 is 11.6 Å². The molecule has 0 bridgehead atoms. The van der Waals surface area contributed by atoms with Gasteiger partial charge in [0, 0.05) is 13.2 Å². The summed E-state index contributed by atoms with van der Waals surface area (Å²) in [4.78, 5) is 0. The fourth-order valence-electron chi connectivity index (χ4n) is 1.36. The Balaban J connectivity index is 2.45. The predicted octanol–water partition coefficient (Wildman–Crippen LogP) is 2.32. The third-order valence-corrected chi connectivity index (χ3v) is 2.95. The second kappa shape index (κ2) is 6.66. The van der Waals surface area contributed by atoms with E-state index in [0.29, 0.717) is 5.15 Å². The van der Waals surface area contributed by atoms with Crippen LogP contribution in [-0.4, -0.2) is 28.5 Å². The van der Waals surface area contributed by atoms with Crippen LogP contribution in [0.5, 0.6) is 0 Å². The summed E-state index contributed by atoms with van der Waals surface area (Å²) >= 11 is 5.86. The molecule has 0 aliphatic heterocycles. The number of aromatic nitrogens is 2. The average molecular weight is 244 g/mol. The van der Waals surface area contributed by atoms with Crippen LogP contribution in [0.25, 0.3) is 0 Å². The van der Waals surface area contributed by atoms with Crippen molar-refractivity contribution in [2.75, 3.05) is 18.5 Å². The lowest BCUT2D eigenvalue weighted by Gasteiger charge is -2.09. The van der Waals surface area contributed by atoms with Gasteiger partial charge in [0.1, 0.15) is 0 Å². The van der Waals surface area contributed by atoms with Gasteiger partial charge >= 0.3 is 0 Å². The molecular formula is C11H18ClN3O. The van der Waals surface area contributed by atoms with Crippen LogP contribution in [0, 0.1) is 13.8 Å². The van der Waals surface area contributed by atoms with Gasteiger partial charge in [-0.05, 0) is 44.2 Å². The van der Waals surface area contributed by atoms with E-state index in [4.69, 9.17) is 16.7 Å². The Bertz CT molecular complexity index is 344. The zero-order valence-corrected chi connectivity index (χ0v) is 10.5. The molecule has 1 aromatic heterocycles. The Morgan fingerprint density at radius 3 is 2.56 bits per heavy atom. The fraction of sp³-hybridized carbons (Fsp3) is 0.636. The standard InChI is InChI=1S/C11H18ClN3O/c1-8-9(2)11(15-14-10(8)12)13-6-4-3-5-7-16/h16H,3-7H2,1-2H3,(H,13,15). The predicted molar refractivity (Wildman–Crippen MR) is 65.9 cm³/mol. The van der Waals surface area contributed by atoms with E-state index in [0.717, 1.165) is 42.8 Å². The molecule has 0 amide bonds. The fourth-order valence-corrected chi connectivity index (χ4v) is 1.54. The topological polar surface area (TPSA) is 58.0 Å². The summed E-state index contributed by atoms with van der Waals surface area (Å²) in [6.07, 6.45) is 2.89. The van der Waals surface area contributed by atoms with Crippen molar-refractivity contribution in [1.29, 1.82) is 0 Å². The van der Waals surface area contributed by atoms with Gasteiger partial charge in [-0.2, -0.15) is 0 Å². The van der Waals surface area contributed by atoms with Gasteiger partial charge < -0.3 is 10.4 Å². The normalized spacial score (nSPS) is 10.5. The van der Waals surface area contributed by atoms with Crippen LogP contribution in [0.15, 0.2) is 0 Å². The third kappa shape index (κ3) is 3.61. The van der Waals surface area contributed by atoms with Gasteiger partial charge in [-0.25, -0.2) is 0 Å². The van der Waals surface area contributed by atoms with E-state index in [1.54, 1.807) is 0 Å². The highest BCUT2D eigenvalue weighted by molar-refractivity contribution is 6.30. The number of nitrogens with zero attached hydrogens (tertiary/aromatic N) is 2. The number of halogens is 1. The molecule has 0 aliphatic carbocycles. The summed E-state index contributed by atoms with van der Waals surface area (Å²) in [5, 5.41) is 20.2. The smallest absolute Gasteiger partial charge is 0.155 e. The van der Waals surface area contributed by atoms with E-state index < -0.39 is 0 Å². The molecule has 2 N–H and O–H groups in total. The van der Waals surface area contributed by atoms with Gasteiger partial charge in [-0.15, -0.1) is 10.2 Å². The minimum atomic E-state index is 0.263. The van der Waals surface area contributed by atoms with Crippen LogP contribution in [0.1, 0.15) is 30.4 Å². The van der Waals surface area contributed by atoms with Gasteiger partial charge in [0.15, 0.2) is 11.0 Å². The van der Waals surface area contributed by atoms with Crippen LogP contribution in [0.3, 0.4) is 0 Å².